The second-order valence-electron chi connectivity index (χ2n) is 6.02. The van der Waals surface area contributed by atoms with E-state index in [-0.39, 0.29) is 22.9 Å². The third-order valence-electron chi connectivity index (χ3n) is 4.05. The Labute approximate surface area is 152 Å². The lowest BCUT2D eigenvalue weighted by atomic mass is 10.2. The van der Waals surface area contributed by atoms with Gasteiger partial charge in [0.1, 0.15) is 0 Å². The maximum atomic E-state index is 12.2. The SMILES string of the molecule is Cc1ncn(CCNC(=O)c2ccc(S(=O)(=O)N(C)C)cc2)c(=O)c1C. The van der Waals surface area contributed by atoms with E-state index < -0.39 is 10.0 Å². The van der Waals surface area contributed by atoms with Crippen molar-refractivity contribution in [1.29, 1.82) is 0 Å². The molecule has 140 valence electrons. The molecule has 26 heavy (non-hydrogen) atoms. The van der Waals surface area contributed by atoms with Crippen LogP contribution < -0.4 is 10.9 Å². The van der Waals surface area contributed by atoms with E-state index in [0.29, 0.717) is 23.4 Å². The molecular weight excluding hydrogens is 356 g/mol. The molecule has 0 aliphatic heterocycles. The summed E-state index contributed by atoms with van der Waals surface area (Å²) in [5.41, 5.74) is 1.47. The molecule has 0 atom stereocenters. The number of hydrogen-bond donors (Lipinski definition) is 1. The van der Waals surface area contributed by atoms with Crippen LogP contribution in [0, 0.1) is 13.8 Å². The molecule has 0 saturated heterocycles. The Bertz CT molecular complexity index is 963. The van der Waals surface area contributed by atoms with Crippen LogP contribution in [0.5, 0.6) is 0 Å². The number of amides is 1. The molecule has 2 aromatic rings. The Kier molecular flexibility index (Phi) is 5.94. The second kappa shape index (κ2) is 7.79. The summed E-state index contributed by atoms with van der Waals surface area (Å²) in [4.78, 5) is 28.5. The number of sulfonamides is 1. The van der Waals surface area contributed by atoms with Crippen molar-refractivity contribution in [2.24, 2.45) is 0 Å². The average Bonchev–Trinajstić information content (AvgIpc) is 2.61. The Balaban J connectivity index is 2.01. The number of carbonyl (C=O) groups excluding carboxylic acids is 1. The molecule has 0 spiro atoms. The Morgan fingerprint density at radius 1 is 1.19 bits per heavy atom. The fraction of sp³-hybridized carbons (Fsp3) is 0.353. The van der Waals surface area contributed by atoms with Crippen LogP contribution in [-0.4, -0.2) is 48.8 Å². The molecule has 0 saturated carbocycles. The molecule has 1 heterocycles. The van der Waals surface area contributed by atoms with E-state index in [4.69, 9.17) is 0 Å². The van der Waals surface area contributed by atoms with Crippen LogP contribution in [0.1, 0.15) is 21.6 Å². The smallest absolute Gasteiger partial charge is 0.256 e. The molecule has 1 aromatic carbocycles. The van der Waals surface area contributed by atoms with Crippen molar-refractivity contribution in [3.8, 4) is 0 Å². The number of aryl methyl sites for hydroxylation is 1. The zero-order chi connectivity index (χ0) is 19.5. The van der Waals surface area contributed by atoms with Gasteiger partial charge in [0.15, 0.2) is 0 Å². The lowest BCUT2D eigenvalue weighted by molar-refractivity contribution is 0.0952. The van der Waals surface area contributed by atoms with Gasteiger partial charge in [-0.15, -0.1) is 0 Å². The number of hydrogen-bond acceptors (Lipinski definition) is 5. The summed E-state index contributed by atoms with van der Waals surface area (Å²) in [6.07, 6.45) is 1.46. The van der Waals surface area contributed by atoms with Gasteiger partial charge in [0.05, 0.1) is 11.2 Å². The standard InChI is InChI=1S/C17H22N4O4S/c1-12-13(2)19-11-21(17(12)23)10-9-18-16(22)14-5-7-15(8-6-14)26(24,25)20(3)4/h5-8,11H,9-10H2,1-4H3,(H,18,22). The summed E-state index contributed by atoms with van der Waals surface area (Å²) in [6.45, 7) is 4.03. The van der Waals surface area contributed by atoms with Gasteiger partial charge in [0.25, 0.3) is 11.5 Å². The van der Waals surface area contributed by atoms with E-state index >= 15 is 0 Å². The van der Waals surface area contributed by atoms with Gasteiger partial charge in [0, 0.05) is 44.0 Å². The molecule has 0 fully saturated rings. The summed E-state index contributed by atoms with van der Waals surface area (Å²) in [6, 6.07) is 5.69. The van der Waals surface area contributed by atoms with Gasteiger partial charge in [-0.25, -0.2) is 17.7 Å². The van der Waals surface area contributed by atoms with Gasteiger partial charge >= 0.3 is 0 Å². The van der Waals surface area contributed by atoms with Crippen molar-refractivity contribution in [1.82, 2.24) is 19.2 Å². The molecule has 1 amide bonds. The highest BCUT2D eigenvalue weighted by Gasteiger charge is 2.17. The van der Waals surface area contributed by atoms with Gasteiger partial charge < -0.3 is 5.32 Å². The van der Waals surface area contributed by atoms with Crippen LogP contribution in [0.15, 0.2) is 40.3 Å². The van der Waals surface area contributed by atoms with Crippen LogP contribution in [0.4, 0.5) is 0 Å². The van der Waals surface area contributed by atoms with Crippen LogP contribution in [-0.2, 0) is 16.6 Å². The van der Waals surface area contributed by atoms with Crippen LogP contribution >= 0.6 is 0 Å². The summed E-state index contributed by atoms with van der Waals surface area (Å²) in [5, 5.41) is 2.70. The summed E-state index contributed by atoms with van der Waals surface area (Å²) >= 11 is 0. The minimum absolute atomic E-state index is 0.117. The minimum atomic E-state index is -3.53. The van der Waals surface area contributed by atoms with Crippen molar-refractivity contribution in [2.75, 3.05) is 20.6 Å². The predicted molar refractivity (Wildman–Crippen MR) is 97.6 cm³/mol. The Morgan fingerprint density at radius 2 is 1.81 bits per heavy atom. The molecule has 8 nitrogen and oxygen atoms in total. The van der Waals surface area contributed by atoms with Crippen LogP contribution in [0.25, 0.3) is 0 Å². The Hall–Kier alpha value is -2.52. The lowest BCUT2D eigenvalue weighted by Gasteiger charge is -2.12. The number of rotatable bonds is 6. The van der Waals surface area contributed by atoms with E-state index in [1.54, 1.807) is 13.8 Å². The van der Waals surface area contributed by atoms with Gasteiger partial charge in [0.2, 0.25) is 10.0 Å². The summed E-state index contributed by atoms with van der Waals surface area (Å²) in [7, 11) is -0.640. The first kappa shape index (κ1) is 19.8. The normalized spacial score (nSPS) is 11.6. The Morgan fingerprint density at radius 3 is 2.38 bits per heavy atom. The number of carbonyl (C=O) groups is 1. The first-order chi connectivity index (χ1) is 12.1. The molecule has 0 aliphatic carbocycles. The highest BCUT2D eigenvalue weighted by atomic mass is 32.2. The molecular formula is C17H22N4O4S. The van der Waals surface area contributed by atoms with E-state index in [0.717, 1.165) is 4.31 Å². The molecule has 0 unspecified atom stereocenters. The van der Waals surface area contributed by atoms with Crippen molar-refractivity contribution >= 4 is 15.9 Å². The molecule has 2 rings (SSSR count). The molecule has 0 aliphatic rings. The second-order valence-corrected chi connectivity index (χ2v) is 8.17. The fourth-order valence-corrected chi connectivity index (χ4v) is 3.12. The number of nitrogens with zero attached hydrogens (tertiary/aromatic N) is 3. The fourth-order valence-electron chi connectivity index (χ4n) is 2.22. The first-order valence-corrected chi connectivity index (χ1v) is 9.42. The van der Waals surface area contributed by atoms with Crippen molar-refractivity contribution in [2.45, 2.75) is 25.3 Å². The zero-order valence-electron chi connectivity index (χ0n) is 15.2. The monoisotopic (exact) mass is 378 g/mol. The number of nitrogens with one attached hydrogen (secondary N) is 1. The third kappa shape index (κ3) is 4.17. The highest BCUT2D eigenvalue weighted by molar-refractivity contribution is 7.89. The van der Waals surface area contributed by atoms with Crippen molar-refractivity contribution < 1.29 is 13.2 Å². The molecule has 0 bridgehead atoms. The molecule has 1 aromatic heterocycles. The van der Waals surface area contributed by atoms with Crippen LogP contribution in [0.2, 0.25) is 0 Å². The predicted octanol–water partition coefficient (Wildman–Crippen LogP) is 0.540. The number of benzene rings is 1. The van der Waals surface area contributed by atoms with E-state index in [1.165, 1.54) is 49.3 Å². The third-order valence-corrected chi connectivity index (χ3v) is 5.88. The van der Waals surface area contributed by atoms with Gasteiger partial charge in [-0.1, -0.05) is 0 Å². The van der Waals surface area contributed by atoms with Crippen molar-refractivity contribution in [3.05, 3.63) is 57.8 Å². The zero-order valence-corrected chi connectivity index (χ0v) is 16.0. The molecule has 0 radical (unpaired) electrons. The van der Waals surface area contributed by atoms with Gasteiger partial charge in [-0.2, -0.15) is 0 Å². The largest absolute Gasteiger partial charge is 0.350 e. The summed E-state index contributed by atoms with van der Waals surface area (Å²) in [5.74, 6) is -0.344. The van der Waals surface area contributed by atoms with Gasteiger partial charge in [-0.3, -0.25) is 14.2 Å². The highest BCUT2D eigenvalue weighted by Crippen LogP contribution is 2.13. The van der Waals surface area contributed by atoms with E-state index in [9.17, 15) is 18.0 Å². The molecule has 9 heteroatoms. The molecule has 1 N–H and O–H groups in total. The van der Waals surface area contributed by atoms with Gasteiger partial charge in [-0.05, 0) is 38.1 Å². The maximum absolute atomic E-state index is 12.2. The topological polar surface area (TPSA) is 101 Å². The lowest BCUT2D eigenvalue weighted by Crippen LogP contribution is -2.32. The minimum Gasteiger partial charge on any atom is -0.350 e. The maximum Gasteiger partial charge on any atom is 0.256 e. The van der Waals surface area contributed by atoms with E-state index in [1.807, 2.05) is 0 Å². The quantitative estimate of drug-likeness (QED) is 0.791. The average molecular weight is 378 g/mol. The first-order valence-electron chi connectivity index (χ1n) is 7.98. The van der Waals surface area contributed by atoms with Crippen molar-refractivity contribution in [3.63, 3.8) is 0 Å². The van der Waals surface area contributed by atoms with Crippen LogP contribution in [0.3, 0.4) is 0 Å². The number of aromatic nitrogens is 2. The summed E-state index contributed by atoms with van der Waals surface area (Å²) < 4.78 is 26.6. The van der Waals surface area contributed by atoms with E-state index in [2.05, 4.69) is 10.3 Å².